The van der Waals surface area contributed by atoms with Crippen molar-refractivity contribution in [1.29, 1.82) is 0 Å². The third-order valence-electron chi connectivity index (χ3n) is 4.05. The Morgan fingerprint density at radius 3 is 2.48 bits per heavy atom. The van der Waals surface area contributed by atoms with Gasteiger partial charge in [0.1, 0.15) is 4.90 Å². The lowest BCUT2D eigenvalue weighted by molar-refractivity contribution is -0.117. The molecule has 0 aromatic heterocycles. The number of para-hydroxylation sites is 1. The second-order valence-corrected chi connectivity index (χ2v) is 8.15. The minimum Gasteiger partial charge on any atom is -0.326 e. The molecule has 1 aliphatic carbocycles. The van der Waals surface area contributed by atoms with Crippen LogP contribution in [0.3, 0.4) is 0 Å². The molecular weight excluding hydrogens is 360 g/mol. The number of rotatable bonds is 6. The Morgan fingerprint density at radius 1 is 1.20 bits per heavy atom. The molecular formula is C18H19ClN2O3S. The van der Waals surface area contributed by atoms with Crippen LogP contribution < -0.4 is 9.62 Å². The minimum atomic E-state index is -3.85. The molecule has 0 radical (unpaired) electrons. The highest BCUT2D eigenvalue weighted by Gasteiger charge is 2.30. The van der Waals surface area contributed by atoms with Gasteiger partial charge in [0.25, 0.3) is 10.0 Å². The fourth-order valence-electron chi connectivity index (χ4n) is 2.57. The molecule has 1 amide bonds. The lowest BCUT2D eigenvalue weighted by Gasteiger charge is -2.23. The molecule has 132 valence electrons. The zero-order valence-corrected chi connectivity index (χ0v) is 15.3. The van der Waals surface area contributed by atoms with E-state index in [4.69, 9.17) is 11.6 Å². The number of benzene rings is 2. The Labute approximate surface area is 152 Å². The van der Waals surface area contributed by atoms with Crippen molar-refractivity contribution in [1.82, 2.24) is 0 Å². The van der Waals surface area contributed by atoms with Crippen molar-refractivity contribution in [2.75, 3.05) is 16.2 Å². The second-order valence-electron chi connectivity index (χ2n) is 5.91. The summed E-state index contributed by atoms with van der Waals surface area (Å²) in [6, 6.07) is 13.4. The van der Waals surface area contributed by atoms with E-state index in [0.29, 0.717) is 11.4 Å². The first-order chi connectivity index (χ1) is 11.9. The van der Waals surface area contributed by atoms with Crippen LogP contribution in [-0.4, -0.2) is 20.9 Å². The summed E-state index contributed by atoms with van der Waals surface area (Å²) in [5.74, 6) is -0.0479. The van der Waals surface area contributed by atoms with E-state index >= 15 is 0 Å². The zero-order chi connectivity index (χ0) is 18.0. The van der Waals surface area contributed by atoms with Gasteiger partial charge < -0.3 is 5.32 Å². The van der Waals surface area contributed by atoms with Gasteiger partial charge in [0.15, 0.2) is 0 Å². The molecule has 0 saturated heterocycles. The van der Waals surface area contributed by atoms with Crippen LogP contribution in [0.2, 0.25) is 5.02 Å². The predicted octanol–water partition coefficient (Wildman–Crippen LogP) is 3.90. The van der Waals surface area contributed by atoms with Gasteiger partial charge in [-0.15, -0.1) is 0 Å². The number of anilines is 2. The summed E-state index contributed by atoms with van der Waals surface area (Å²) in [6.07, 6.45) is 1.75. The second kappa shape index (κ2) is 7.06. The number of halogens is 1. The maximum atomic E-state index is 13.1. The summed E-state index contributed by atoms with van der Waals surface area (Å²) in [5.41, 5.74) is 0.998. The van der Waals surface area contributed by atoms with E-state index in [0.717, 1.165) is 12.8 Å². The van der Waals surface area contributed by atoms with Crippen LogP contribution in [0.5, 0.6) is 0 Å². The number of nitrogens with one attached hydrogen (secondary N) is 1. The largest absolute Gasteiger partial charge is 0.326 e. The average molecular weight is 379 g/mol. The number of amides is 1. The van der Waals surface area contributed by atoms with Gasteiger partial charge in [-0.2, -0.15) is 0 Å². The van der Waals surface area contributed by atoms with E-state index in [9.17, 15) is 13.2 Å². The van der Waals surface area contributed by atoms with Crippen LogP contribution in [-0.2, 0) is 14.8 Å². The normalized spacial score (nSPS) is 14.2. The predicted molar refractivity (Wildman–Crippen MR) is 99.5 cm³/mol. The standard InChI is InChI=1S/C18H19ClN2O3S/c1-2-21(15-6-4-3-5-7-15)25(23,24)17-12-14(10-11-16(17)19)20-18(22)13-8-9-13/h3-7,10-13H,2,8-9H2,1H3,(H,20,22). The van der Waals surface area contributed by atoms with Crippen molar-refractivity contribution in [3.63, 3.8) is 0 Å². The van der Waals surface area contributed by atoms with Crippen molar-refractivity contribution >= 4 is 38.9 Å². The molecule has 1 saturated carbocycles. The van der Waals surface area contributed by atoms with Crippen LogP contribution in [0.4, 0.5) is 11.4 Å². The lowest BCUT2D eigenvalue weighted by Crippen LogP contribution is -2.31. The number of hydrogen-bond acceptors (Lipinski definition) is 3. The van der Waals surface area contributed by atoms with Crippen LogP contribution in [0.25, 0.3) is 0 Å². The molecule has 1 N–H and O–H groups in total. The van der Waals surface area contributed by atoms with E-state index in [1.807, 2.05) is 6.07 Å². The molecule has 1 aliphatic rings. The van der Waals surface area contributed by atoms with Gasteiger partial charge in [0, 0.05) is 18.2 Å². The summed E-state index contributed by atoms with van der Waals surface area (Å²) in [6.45, 7) is 2.03. The van der Waals surface area contributed by atoms with Crippen molar-refractivity contribution in [3.8, 4) is 0 Å². The molecule has 0 bridgehead atoms. The molecule has 7 heteroatoms. The Balaban J connectivity index is 1.96. The van der Waals surface area contributed by atoms with Crippen LogP contribution >= 0.6 is 11.6 Å². The summed E-state index contributed by atoms with van der Waals surface area (Å²) in [7, 11) is -3.85. The molecule has 3 rings (SSSR count). The zero-order valence-electron chi connectivity index (χ0n) is 13.8. The van der Waals surface area contributed by atoms with Crippen LogP contribution in [0.1, 0.15) is 19.8 Å². The number of nitrogens with zero attached hydrogens (tertiary/aromatic N) is 1. The summed E-state index contributed by atoms with van der Waals surface area (Å²) >= 11 is 6.16. The third kappa shape index (κ3) is 3.80. The fourth-order valence-corrected chi connectivity index (χ4v) is 4.55. The van der Waals surface area contributed by atoms with Crippen molar-refractivity contribution < 1.29 is 13.2 Å². The summed E-state index contributed by atoms with van der Waals surface area (Å²) in [4.78, 5) is 11.9. The molecule has 2 aromatic carbocycles. The van der Waals surface area contributed by atoms with Crippen LogP contribution in [0, 0.1) is 5.92 Å². The van der Waals surface area contributed by atoms with E-state index in [1.54, 1.807) is 37.3 Å². The highest BCUT2D eigenvalue weighted by Crippen LogP contribution is 2.33. The highest BCUT2D eigenvalue weighted by atomic mass is 35.5. The molecule has 0 heterocycles. The Kier molecular flexibility index (Phi) is 5.01. The first-order valence-corrected chi connectivity index (χ1v) is 9.93. The van der Waals surface area contributed by atoms with Gasteiger partial charge >= 0.3 is 0 Å². The Bertz CT molecular complexity index is 880. The van der Waals surface area contributed by atoms with Crippen LogP contribution in [0.15, 0.2) is 53.4 Å². The minimum absolute atomic E-state index is 0.0199. The molecule has 0 aliphatic heterocycles. The smallest absolute Gasteiger partial charge is 0.265 e. The maximum Gasteiger partial charge on any atom is 0.265 e. The molecule has 25 heavy (non-hydrogen) atoms. The first kappa shape index (κ1) is 17.8. The SMILES string of the molecule is CCN(c1ccccc1)S(=O)(=O)c1cc(NC(=O)C2CC2)ccc1Cl. The quantitative estimate of drug-likeness (QED) is 0.828. The molecule has 0 atom stereocenters. The third-order valence-corrected chi connectivity index (χ3v) is 6.43. The first-order valence-electron chi connectivity index (χ1n) is 8.11. The topological polar surface area (TPSA) is 66.5 Å². The highest BCUT2D eigenvalue weighted by molar-refractivity contribution is 7.93. The molecule has 0 unspecified atom stereocenters. The van der Waals surface area contributed by atoms with E-state index < -0.39 is 10.0 Å². The Morgan fingerprint density at radius 2 is 1.88 bits per heavy atom. The monoisotopic (exact) mass is 378 g/mol. The molecule has 5 nitrogen and oxygen atoms in total. The number of sulfonamides is 1. The van der Waals surface area contributed by atoms with Gasteiger partial charge in [0.05, 0.1) is 10.7 Å². The number of carbonyl (C=O) groups is 1. The fraction of sp³-hybridized carbons (Fsp3) is 0.278. The summed E-state index contributed by atoms with van der Waals surface area (Å²) in [5, 5.41) is 2.88. The van der Waals surface area contributed by atoms with Gasteiger partial charge in [-0.1, -0.05) is 29.8 Å². The van der Waals surface area contributed by atoms with Crippen molar-refractivity contribution in [2.45, 2.75) is 24.7 Å². The molecule has 2 aromatic rings. The van der Waals surface area contributed by atoms with E-state index in [2.05, 4.69) is 5.32 Å². The average Bonchev–Trinajstić information content (AvgIpc) is 3.43. The molecule has 0 spiro atoms. The summed E-state index contributed by atoms with van der Waals surface area (Å²) < 4.78 is 27.5. The van der Waals surface area contributed by atoms with Gasteiger partial charge in [0.2, 0.25) is 5.91 Å². The van der Waals surface area contributed by atoms with E-state index in [-0.39, 0.29) is 28.3 Å². The van der Waals surface area contributed by atoms with Crippen molar-refractivity contribution in [2.24, 2.45) is 5.92 Å². The number of hydrogen-bond donors (Lipinski definition) is 1. The van der Waals surface area contributed by atoms with Gasteiger partial charge in [-0.25, -0.2) is 8.42 Å². The Hall–Kier alpha value is -2.05. The lowest BCUT2D eigenvalue weighted by atomic mass is 10.3. The molecule has 1 fully saturated rings. The van der Waals surface area contributed by atoms with Crippen molar-refractivity contribution in [3.05, 3.63) is 53.6 Å². The van der Waals surface area contributed by atoms with Gasteiger partial charge in [-0.3, -0.25) is 9.10 Å². The van der Waals surface area contributed by atoms with E-state index in [1.165, 1.54) is 16.4 Å². The maximum absolute atomic E-state index is 13.1. The van der Waals surface area contributed by atoms with Gasteiger partial charge in [-0.05, 0) is 50.1 Å². The number of carbonyl (C=O) groups excluding carboxylic acids is 1.